The number of rotatable bonds is 9. The highest BCUT2D eigenvalue weighted by Gasteiger charge is 2.41. The van der Waals surface area contributed by atoms with Gasteiger partial charge in [0, 0.05) is 18.7 Å². The zero-order valence-electron chi connectivity index (χ0n) is 19.0. The lowest BCUT2D eigenvalue weighted by Crippen LogP contribution is -2.44. The fourth-order valence-electron chi connectivity index (χ4n) is 4.79. The Hall–Kier alpha value is -2.93. The monoisotopic (exact) mass is 480 g/mol. The van der Waals surface area contributed by atoms with Gasteiger partial charge in [-0.1, -0.05) is 72.3 Å². The normalized spacial score (nSPS) is 15.2. The first-order valence-corrected chi connectivity index (χ1v) is 12.0. The van der Waals surface area contributed by atoms with Gasteiger partial charge in [0.2, 0.25) is 0 Å². The van der Waals surface area contributed by atoms with Crippen molar-refractivity contribution in [3.8, 4) is 5.75 Å². The van der Waals surface area contributed by atoms with E-state index in [9.17, 15) is 15.2 Å². The second-order valence-corrected chi connectivity index (χ2v) is 9.10. The molecule has 34 heavy (non-hydrogen) atoms. The molecule has 0 saturated carbocycles. The SMILES string of the molecule is O=[N+]([O-])c1ccc(OCCCN2CCC(C(O)(c3ccccc3)c3ccccc3)CC2)c(Cl)c1. The maximum absolute atomic E-state index is 12.0. The molecule has 0 spiro atoms. The van der Waals surface area contributed by atoms with E-state index in [2.05, 4.69) is 4.90 Å². The fourth-order valence-corrected chi connectivity index (χ4v) is 5.02. The smallest absolute Gasteiger partial charge is 0.271 e. The van der Waals surface area contributed by atoms with Crippen LogP contribution in [0.25, 0.3) is 0 Å². The molecule has 6 nitrogen and oxygen atoms in total. The van der Waals surface area contributed by atoms with Gasteiger partial charge in [-0.3, -0.25) is 10.1 Å². The molecule has 1 heterocycles. The van der Waals surface area contributed by atoms with Crippen molar-refractivity contribution in [3.63, 3.8) is 0 Å². The molecule has 4 rings (SSSR count). The van der Waals surface area contributed by atoms with Gasteiger partial charge < -0.3 is 14.7 Å². The fraction of sp³-hybridized carbons (Fsp3) is 0.333. The van der Waals surface area contributed by atoms with Gasteiger partial charge in [0.25, 0.3) is 5.69 Å². The minimum atomic E-state index is -1.01. The molecule has 1 saturated heterocycles. The minimum absolute atomic E-state index is 0.0498. The van der Waals surface area contributed by atoms with Gasteiger partial charge in [-0.2, -0.15) is 0 Å². The zero-order chi connectivity index (χ0) is 24.0. The Balaban J connectivity index is 1.31. The minimum Gasteiger partial charge on any atom is -0.492 e. The summed E-state index contributed by atoms with van der Waals surface area (Å²) in [5.74, 6) is 0.588. The van der Waals surface area contributed by atoms with Crippen LogP contribution in [0.3, 0.4) is 0 Å². The summed E-state index contributed by atoms with van der Waals surface area (Å²) in [6, 6.07) is 24.2. The number of hydrogen-bond acceptors (Lipinski definition) is 5. The van der Waals surface area contributed by atoms with Crippen LogP contribution in [0.4, 0.5) is 5.69 Å². The van der Waals surface area contributed by atoms with E-state index in [4.69, 9.17) is 16.3 Å². The molecule has 1 N–H and O–H groups in total. The second-order valence-electron chi connectivity index (χ2n) is 8.69. The Bertz CT molecular complexity index is 1050. The summed E-state index contributed by atoms with van der Waals surface area (Å²) in [4.78, 5) is 12.8. The Morgan fingerprint density at radius 1 is 1.00 bits per heavy atom. The van der Waals surface area contributed by atoms with Crippen LogP contribution >= 0.6 is 11.6 Å². The molecular weight excluding hydrogens is 452 g/mol. The maximum atomic E-state index is 12.0. The molecule has 0 bridgehead atoms. The highest BCUT2D eigenvalue weighted by atomic mass is 35.5. The average molecular weight is 481 g/mol. The summed E-state index contributed by atoms with van der Waals surface area (Å²) in [5, 5.41) is 23.1. The van der Waals surface area contributed by atoms with Gasteiger partial charge in [-0.05, 0) is 55.5 Å². The van der Waals surface area contributed by atoms with Crippen LogP contribution in [0.1, 0.15) is 30.4 Å². The molecule has 1 fully saturated rings. The Morgan fingerprint density at radius 2 is 1.59 bits per heavy atom. The van der Waals surface area contributed by atoms with E-state index in [1.807, 2.05) is 60.7 Å². The zero-order valence-corrected chi connectivity index (χ0v) is 19.7. The lowest BCUT2D eigenvalue weighted by atomic mass is 9.72. The highest BCUT2D eigenvalue weighted by molar-refractivity contribution is 6.32. The third-order valence-corrected chi connectivity index (χ3v) is 6.90. The van der Waals surface area contributed by atoms with Crippen molar-refractivity contribution in [1.29, 1.82) is 0 Å². The molecule has 0 aliphatic carbocycles. The van der Waals surface area contributed by atoms with Crippen molar-refractivity contribution in [2.75, 3.05) is 26.2 Å². The van der Waals surface area contributed by atoms with Gasteiger partial charge in [0.15, 0.2) is 0 Å². The number of likely N-dealkylation sites (tertiary alicyclic amines) is 1. The van der Waals surface area contributed by atoms with Gasteiger partial charge in [-0.15, -0.1) is 0 Å². The molecule has 3 aromatic carbocycles. The van der Waals surface area contributed by atoms with Gasteiger partial charge >= 0.3 is 0 Å². The quantitative estimate of drug-likeness (QED) is 0.243. The van der Waals surface area contributed by atoms with Crippen LogP contribution in [0.2, 0.25) is 5.02 Å². The summed E-state index contributed by atoms with van der Waals surface area (Å²) in [6.45, 7) is 3.18. The van der Waals surface area contributed by atoms with E-state index in [-0.39, 0.29) is 16.6 Å². The summed E-state index contributed by atoms with van der Waals surface area (Å²) < 4.78 is 5.73. The molecule has 178 valence electrons. The van der Waals surface area contributed by atoms with E-state index < -0.39 is 10.5 Å². The molecule has 1 aliphatic rings. The first-order valence-electron chi connectivity index (χ1n) is 11.6. The molecule has 0 aromatic heterocycles. The van der Waals surface area contributed by atoms with Gasteiger partial charge in [0.05, 0.1) is 16.6 Å². The van der Waals surface area contributed by atoms with E-state index in [1.54, 1.807) is 6.07 Å². The van der Waals surface area contributed by atoms with Crippen LogP contribution in [0.5, 0.6) is 5.75 Å². The highest BCUT2D eigenvalue weighted by Crippen LogP contribution is 2.41. The van der Waals surface area contributed by atoms with Crippen LogP contribution in [0.15, 0.2) is 78.9 Å². The number of non-ortho nitro benzene ring substituents is 1. The van der Waals surface area contributed by atoms with Crippen LogP contribution in [-0.4, -0.2) is 41.2 Å². The number of nitro groups is 1. The standard InChI is InChI=1S/C27H29ClN2O4/c28-25-20-24(30(32)33)12-13-26(25)34-19-7-16-29-17-14-23(15-18-29)27(31,21-8-3-1-4-9-21)22-10-5-2-6-11-22/h1-6,8-13,20,23,31H,7,14-19H2. The number of ether oxygens (including phenoxy) is 1. The number of halogens is 1. The third kappa shape index (κ3) is 5.41. The van der Waals surface area contributed by atoms with Crippen molar-refractivity contribution >= 4 is 17.3 Å². The van der Waals surface area contributed by atoms with Gasteiger partial charge in [-0.25, -0.2) is 0 Å². The van der Waals surface area contributed by atoms with Crippen LogP contribution in [0, 0.1) is 16.0 Å². The first-order chi connectivity index (χ1) is 16.5. The van der Waals surface area contributed by atoms with Crippen molar-refractivity contribution in [1.82, 2.24) is 4.90 Å². The van der Waals surface area contributed by atoms with E-state index in [0.717, 1.165) is 50.0 Å². The van der Waals surface area contributed by atoms with Crippen LogP contribution in [-0.2, 0) is 5.60 Å². The van der Waals surface area contributed by atoms with E-state index in [1.165, 1.54) is 12.1 Å². The van der Waals surface area contributed by atoms with E-state index in [0.29, 0.717) is 12.4 Å². The number of benzene rings is 3. The van der Waals surface area contributed by atoms with Crippen molar-refractivity contribution < 1.29 is 14.8 Å². The molecule has 1 aliphatic heterocycles. The summed E-state index contributed by atoms with van der Waals surface area (Å²) in [6.07, 6.45) is 2.62. The topological polar surface area (TPSA) is 75.8 Å². The van der Waals surface area contributed by atoms with E-state index >= 15 is 0 Å². The summed E-state index contributed by atoms with van der Waals surface area (Å²) in [5.41, 5.74) is 0.817. The first kappa shape index (κ1) is 24.2. The van der Waals surface area contributed by atoms with Crippen molar-refractivity contribution in [2.45, 2.75) is 24.9 Å². The number of hydrogen-bond donors (Lipinski definition) is 1. The Morgan fingerprint density at radius 3 is 2.12 bits per heavy atom. The number of nitro benzene ring substituents is 1. The molecule has 3 aromatic rings. The predicted octanol–water partition coefficient (Wildman–Crippen LogP) is 5.67. The summed E-state index contributed by atoms with van der Waals surface area (Å²) in [7, 11) is 0. The molecular formula is C27H29ClN2O4. The molecule has 0 atom stereocenters. The second kappa shape index (κ2) is 11.0. The maximum Gasteiger partial charge on any atom is 0.271 e. The van der Waals surface area contributed by atoms with Crippen LogP contribution < -0.4 is 4.74 Å². The average Bonchev–Trinajstić information content (AvgIpc) is 2.88. The molecule has 0 unspecified atom stereocenters. The predicted molar refractivity (Wildman–Crippen MR) is 133 cm³/mol. The molecule has 7 heteroatoms. The lowest BCUT2D eigenvalue weighted by Gasteiger charge is -2.42. The number of nitrogens with zero attached hydrogens (tertiary/aromatic N) is 2. The lowest BCUT2D eigenvalue weighted by molar-refractivity contribution is -0.384. The third-order valence-electron chi connectivity index (χ3n) is 6.61. The van der Waals surface area contributed by atoms with Crippen molar-refractivity contribution in [3.05, 3.63) is 105 Å². The Labute approximate surface area is 204 Å². The summed E-state index contributed by atoms with van der Waals surface area (Å²) >= 11 is 6.10. The Kier molecular flexibility index (Phi) is 7.83. The number of aliphatic hydroxyl groups is 1. The number of piperidine rings is 1. The van der Waals surface area contributed by atoms with Gasteiger partial charge in [0.1, 0.15) is 11.4 Å². The largest absolute Gasteiger partial charge is 0.492 e. The van der Waals surface area contributed by atoms with Crippen molar-refractivity contribution in [2.24, 2.45) is 5.92 Å². The molecule has 0 amide bonds. The molecule has 0 radical (unpaired) electrons.